The van der Waals surface area contributed by atoms with Gasteiger partial charge in [0.15, 0.2) is 11.6 Å². The van der Waals surface area contributed by atoms with Crippen LogP contribution in [0.2, 0.25) is 0 Å². The molecule has 2 saturated carbocycles. The number of hydrogen-bond donors (Lipinski definition) is 0. The van der Waals surface area contributed by atoms with Crippen LogP contribution in [0.3, 0.4) is 0 Å². The highest BCUT2D eigenvalue weighted by Crippen LogP contribution is 2.42. The van der Waals surface area contributed by atoms with E-state index >= 15 is 0 Å². The Hall–Kier alpha value is -1.10. The molecule has 1 aromatic carbocycles. The molecule has 0 amide bonds. The molecule has 0 aromatic heterocycles. The summed E-state index contributed by atoms with van der Waals surface area (Å²) in [5.41, 5.74) is 0.139. The number of hydrogen-bond acceptors (Lipinski definition) is 0. The van der Waals surface area contributed by atoms with Gasteiger partial charge >= 0.3 is 6.18 Å². The Morgan fingerprint density at radius 1 is 0.862 bits per heavy atom. The van der Waals surface area contributed by atoms with Gasteiger partial charge < -0.3 is 0 Å². The number of aryl methyl sites for hydroxylation is 1. The molecule has 0 unspecified atom stereocenters. The molecule has 0 N–H and O–H groups in total. The molecule has 6 heteroatoms. The van der Waals surface area contributed by atoms with Gasteiger partial charge in [-0.05, 0) is 86.7 Å². The van der Waals surface area contributed by atoms with Crippen molar-refractivity contribution in [1.29, 1.82) is 0 Å². The van der Waals surface area contributed by atoms with Crippen LogP contribution in [0.1, 0.15) is 68.9 Å². The van der Waals surface area contributed by atoms with Crippen molar-refractivity contribution in [1.82, 2.24) is 0 Å². The van der Waals surface area contributed by atoms with Gasteiger partial charge in [0.2, 0.25) is 0 Å². The van der Waals surface area contributed by atoms with Crippen molar-refractivity contribution in [2.45, 2.75) is 70.4 Å². The first-order chi connectivity index (χ1) is 13.8. The van der Waals surface area contributed by atoms with Crippen molar-refractivity contribution in [3.05, 3.63) is 46.5 Å². The van der Waals surface area contributed by atoms with Gasteiger partial charge in [-0.1, -0.05) is 36.6 Å². The lowest BCUT2D eigenvalue weighted by molar-refractivity contribution is -0.140. The smallest absolute Gasteiger partial charge is 0.203 e. The number of benzene rings is 1. The fraction of sp³-hybridized carbons (Fsp3) is 0.652. The van der Waals surface area contributed by atoms with E-state index in [1.807, 2.05) is 0 Å². The quantitative estimate of drug-likeness (QED) is 0.409. The normalized spacial score (nSPS) is 28.8. The fourth-order valence-electron chi connectivity index (χ4n) is 5.22. The molecule has 0 aliphatic heterocycles. The third-order valence-electron chi connectivity index (χ3n) is 7.01. The van der Waals surface area contributed by atoms with Crippen molar-refractivity contribution in [3.63, 3.8) is 0 Å². The van der Waals surface area contributed by atoms with Gasteiger partial charge in [-0.3, -0.25) is 0 Å². The Morgan fingerprint density at radius 3 is 2.00 bits per heavy atom. The van der Waals surface area contributed by atoms with Crippen LogP contribution in [0.5, 0.6) is 0 Å². The molecule has 0 spiro atoms. The Balaban J connectivity index is 1.47. The summed E-state index contributed by atoms with van der Waals surface area (Å²) < 4.78 is 65.8. The van der Waals surface area contributed by atoms with E-state index in [1.165, 1.54) is 25.7 Å². The second kappa shape index (κ2) is 9.80. The lowest BCUT2D eigenvalue weighted by Crippen LogP contribution is -2.25. The van der Waals surface area contributed by atoms with E-state index in [0.717, 1.165) is 43.6 Å². The zero-order valence-electron chi connectivity index (χ0n) is 16.5. The van der Waals surface area contributed by atoms with Crippen molar-refractivity contribution in [2.75, 3.05) is 0 Å². The van der Waals surface area contributed by atoms with E-state index in [4.69, 9.17) is 11.6 Å². The number of halogens is 6. The maximum atomic E-state index is 14.1. The van der Waals surface area contributed by atoms with Gasteiger partial charge in [-0.2, -0.15) is 13.2 Å². The standard InChI is InChI=1S/C23H28ClF5/c24-14-13-16-3-8-18(9-4-16)17-6-1-15(2-7-17)5-10-19-11-12-20(23(27,28)29)22(26)21(19)25/h11-18H,1-10H2. The van der Waals surface area contributed by atoms with Crippen LogP contribution in [-0.4, -0.2) is 0 Å². The molecule has 3 rings (SSSR count). The van der Waals surface area contributed by atoms with E-state index in [9.17, 15) is 22.0 Å². The molecule has 0 saturated heterocycles. The van der Waals surface area contributed by atoms with E-state index < -0.39 is 23.4 Å². The minimum absolute atomic E-state index is 0.0447. The summed E-state index contributed by atoms with van der Waals surface area (Å²) in [6.45, 7) is 0. The van der Waals surface area contributed by atoms with E-state index in [-0.39, 0.29) is 12.0 Å². The lowest BCUT2D eigenvalue weighted by atomic mass is 9.68. The predicted octanol–water partition coefficient (Wildman–Crippen LogP) is 8.28. The molecule has 2 fully saturated rings. The topological polar surface area (TPSA) is 0 Å². The lowest BCUT2D eigenvalue weighted by Gasteiger charge is -2.37. The number of allylic oxidation sites excluding steroid dienone is 1. The molecule has 0 radical (unpaired) electrons. The second-order valence-corrected chi connectivity index (χ2v) is 8.96. The van der Waals surface area contributed by atoms with Crippen LogP contribution in [0, 0.1) is 35.3 Å². The first-order valence-corrected chi connectivity index (χ1v) is 11.0. The minimum Gasteiger partial charge on any atom is -0.203 e. The van der Waals surface area contributed by atoms with Crippen molar-refractivity contribution in [2.24, 2.45) is 23.7 Å². The van der Waals surface area contributed by atoms with Gasteiger partial charge in [0.05, 0.1) is 5.56 Å². The molecular formula is C23H28ClF5. The van der Waals surface area contributed by atoms with Crippen molar-refractivity contribution < 1.29 is 22.0 Å². The molecule has 0 atom stereocenters. The molecule has 0 bridgehead atoms. The Kier molecular flexibility index (Phi) is 7.63. The summed E-state index contributed by atoms with van der Waals surface area (Å²) in [5.74, 6) is -0.565. The summed E-state index contributed by atoms with van der Waals surface area (Å²) >= 11 is 5.68. The summed E-state index contributed by atoms with van der Waals surface area (Å²) in [6.07, 6.45) is 7.55. The van der Waals surface area contributed by atoms with E-state index in [0.29, 0.717) is 24.3 Å². The van der Waals surface area contributed by atoms with Gasteiger partial charge in [0.25, 0.3) is 0 Å². The summed E-state index contributed by atoms with van der Waals surface area (Å²) in [4.78, 5) is 0. The first-order valence-electron chi connectivity index (χ1n) is 10.6. The molecule has 29 heavy (non-hydrogen) atoms. The summed E-state index contributed by atoms with van der Waals surface area (Å²) in [5, 5.41) is 0. The minimum atomic E-state index is -4.87. The van der Waals surface area contributed by atoms with E-state index in [2.05, 4.69) is 6.08 Å². The molecule has 2 aliphatic rings. The molecule has 2 aliphatic carbocycles. The first kappa shape index (κ1) is 22.6. The second-order valence-electron chi connectivity index (χ2n) is 8.71. The molecule has 162 valence electrons. The van der Waals surface area contributed by atoms with Crippen LogP contribution >= 0.6 is 11.6 Å². The number of rotatable bonds is 5. The monoisotopic (exact) mass is 434 g/mol. The van der Waals surface area contributed by atoms with Crippen molar-refractivity contribution >= 4 is 11.6 Å². The van der Waals surface area contributed by atoms with Gasteiger partial charge in [0.1, 0.15) is 0 Å². The highest BCUT2D eigenvalue weighted by molar-refractivity contribution is 6.25. The van der Waals surface area contributed by atoms with Crippen LogP contribution in [0.15, 0.2) is 23.7 Å². The third kappa shape index (κ3) is 5.74. The predicted molar refractivity (Wildman–Crippen MR) is 106 cm³/mol. The van der Waals surface area contributed by atoms with Gasteiger partial charge in [0, 0.05) is 5.54 Å². The third-order valence-corrected chi connectivity index (χ3v) is 7.15. The zero-order chi connectivity index (χ0) is 21.0. The average Bonchev–Trinajstić information content (AvgIpc) is 2.69. The SMILES string of the molecule is Fc1c(CCC2CCC(C3CCC(C=CCl)CC3)CC2)ccc(C(F)(F)F)c1F. The highest BCUT2D eigenvalue weighted by atomic mass is 35.5. The summed E-state index contributed by atoms with van der Waals surface area (Å²) in [7, 11) is 0. The van der Waals surface area contributed by atoms with Crippen molar-refractivity contribution in [3.8, 4) is 0 Å². The largest absolute Gasteiger partial charge is 0.419 e. The maximum Gasteiger partial charge on any atom is 0.419 e. The van der Waals surface area contributed by atoms with Gasteiger partial charge in [-0.15, -0.1) is 0 Å². The fourth-order valence-corrected chi connectivity index (χ4v) is 5.43. The van der Waals surface area contributed by atoms with E-state index in [1.54, 1.807) is 5.54 Å². The Labute approximate surface area is 174 Å². The molecule has 0 heterocycles. The van der Waals surface area contributed by atoms with Crippen LogP contribution in [0.25, 0.3) is 0 Å². The van der Waals surface area contributed by atoms with Crippen LogP contribution in [0.4, 0.5) is 22.0 Å². The Bertz CT molecular complexity index is 696. The Morgan fingerprint density at radius 2 is 1.45 bits per heavy atom. The average molecular weight is 435 g/mol. The zero-order valence-corrected chi connectivity index (χ0v) is 17.2. The van der Waals surface area contributed by atoms with Crippen LogP contribution < -0.4 is 0 Å². The number of alkyl halides is 3. The molecular weight excluding hydrogens is 407 g/mol. The molecule has 0 nitrogen and oxygen atoms in total. The highest BCUT2D eigenvalue weighted by Gasteiger charge is 2.36. The molecule has 1 aromatic rings. The van der Waals surface area contributed by atoms with Crippen LogP contribution in [-0.2, 0) is 12.6 Å². The summed E-state index contributed by atoms with van der Waals surface area (Å²) in [6, 6.07) is 1.74. The van der Waals surface area contributed by atoms with Gasteiger partial charge in [-0.25, -0.2) is 8.78 Å². The maximum absolute atomic E-state index is 14.1.